The Morgan fingerprint density at radius 3 is 2.71 bits per heavy atom. The minimum absolute atomic E-state index is 0.0971. The van der Waals surface area contributed by atoms with Gasteiger partial charge in [-0.3, -0.25) is 4.79 Å². The monoisotopic (exact) mass is 290 g/mol. The normalized spacial score (nSPS) is 16.2. The largest absolute Gasteiger partial charge is 0.496 e. The number of hydrogen-bond acceptors (Lipinski definition) is 4. The van der Waals surface area contributed by atoms with Crippen LogP contribution in [0.4, 0.5) is 0 Å². The molecule has 0 radical (unpaired) electrons. The molecule has 1 N–H and O–H groups in total. The summed E-state index contributed by atoms with van der Waals surface area (Å²) < 4.78 is 5.42. The predicted octanol–water partition coefficient (Wildman–Crippen LogP) is 2.33. The van der Waals surface area contributed by atoms with Gasteiger partial charge in [-0.05, 0) is 64.0 Å². The van der Waals surface area contributed by atoms with Crippen LogP contribution in [0, 0.1) is 5.92 Å². The average molecular weight is 290 g/mol. The van der Waals surface area contributed by atoms with E-state index in [0.717, 1.165) is 49.0 Å². The SMILES string of the molecule is COc1ccc(C(C)=O)cc1CN(C)CC1CCNCC1. The molecule has 1 saturated heterocycles. The number of nitrogens with one attached hydrogen (secondary N) is 1. The third-order valence-corrected chi connectivity index (χ3v) is 4.16. The highest BCUT2D eigenvalue weighted by Crippen LogP contribution is 2.22. The van der Waals surface area contributed by atoms with E-state index in [4.69, 9.17) is 4.74 Å². The van der Waals surface area contributed by atoms with E-state index in [9.17, 15) is 4.79 Å². The van der Waals surface area contributed by atoms with Crippen molar-refractivity contribution in [1.29, 1.82) is 0 Å². The molecule has 1 aliphatic rings. The zero-order valence-electron chi connectivity index (χ0n) is 13.3. The quantitative estimate of drug-likeness (QED) is 0.817. The molecule has 2 rings (SSSR count). The number of benzene rings is 1. The first-order chi connectivity index (χ1) is 10.1. The Bertz CT molecular complexity index is 482. The molecular formula is C17H26N2O2. The summed E-state index contributed by atoms with van der Waals surface area (Å²) in [5.74, 6) is 1.72. The molecule has 0 aliphatic carbocycles. The fourth-order valence-corrected chi connectivity index (χ4v) is 2.98. The highest BCUT2D eigenvalue weighted by molar-refractivity contribution is 5.94. The molecule has 0 amide bonds. The van der Waals surface area contributed by atoms with Gasteiger partial charge in [-0.15, -0.1) is 0 Å². The van der Waals surface area contributed by atoms with Gasteiger partial charge in [0.1, 0.15) is 5.75 Å². The van der Waals surface area contributed by atoms with Crippen molar-refractivity contribution in [1.82, 2.24) is 10.2 Å². The molecule has 1 aliphatic heterocycles. The van der Waals surface area contributed by atoms with Gasteiger partial charge < -0.3 is 15.0 Å². The van der Waals surface area contributed by atoms with Crippen molar-refractivity contribution < 1.29 is 9.53 Å². The van der Waals surface area contributed by atoms with Crippen LogP contribution in [0.5, 0.6) is 5.75 Å². The van der Waals surface area contributed by atoms with E-state index in [1.165, 1.54) is 12.8 Å². The van der Waals surface area contributed by atoms with Gasteiger partial charge in [-0.25, -0.2) is 0 Å². The number of carbonyl (C=O) groups is 1. The van der Waals surface area contributed by atoms with Crippen LogP contribution < -0.4 is 10.1 Å². The zero-order valence-corrected chi connectivity index (χ0v) is 13.3. The molecule has 4 nitrogen and oxygen atoms in total. The van der Waals surface area contributed by atoms with Crippen molar-refractivity contribution in [3.63, 3.8) is 0 Å². The standard InChI is InChI=1S/C17H26N2O2/c1-13(20)15-4-5-17(21-3)16(10-15)12-19(2)11-14-6-8-18-9-7-14/h4-5,10,14,18H,6-9,11-12H2,1-3H3. The summed E-state index contributed by atoms with van der Waals surface area (Å²) in [7, 11) is 3.82. The van der Waals surface area contributed by atoms with Crippen LogP contribution in [0.1, 0.15) is 35.7 Å². The molecule has 0 atom stereocenters. The van der Waals surface area contributed by atoms with Gasteiger partial charge >= 0.3 is 0 Å². The Kier molecular flexibility index (Phi) is 5.76. The van der Waals surface area contributed by atoms with Crippen molar-refractivity contribution in [2.75, 3.05) is 33.8 Å². The number of ketones is 1. The molecule has 1 aromatic rings. The zero-order chi connectivity index (χ0) is 15.2. The smallest absolute Gasteiger partial charge is 0.159 e. The summed E-state index contributed by atoms with van der Waals surface area (Å²) in [5, 5.41) is 3.40. The van der Waals surface area contributed by atoms with E-state index in [1.807, 2.05) is 18.2 Å². The number of hydrogen-bond donors (Lipinski definition) is 1. The number of ether oxygens (including phenoxy) is 1. The van der Waals surface area contributed by atoms with Gasteiger partial charge in [0.25, 0.3) is 0 Å². The van der Waals surface area contributed by atoms with Gasteiger partial charge in [0.2, 0.25) is 0 Å². The van der Waals surface area contributed by atoms with E-state index in [2.05, 4.69) is 17.3 Å². The molecule has 21 heavy (non-hydrogen) atoms. The molecule has 116 valence electrons. The predicted molar refractivity (Wildman–Crippen MR) is 84.9 cm³/mol. The molecule has 1 aromatic carbocycles. The summed E-state index contributed by atoms with van der Waals surface area (Å²) in [4.78, 5) is 13.9. The first-order valence-electron chi connectivity index (χ1n) is 7.67. The van der Waals surface area contributed by atoms with E-state index >= 15 is 0 Å². The van der Waals surface area contributed by atoms with Crippen molar-refractivity contribution in [2.24, 2.45) is 5.92 Å². The molecule has 0 unspecified atom stereocenters. The van der Waals surface area contributed by atoms with E-state index < -0.39 is 0 Å². The van der Waals surface area contributed by atoms with E-state index in [-0.39, 0.29) is 5.78 Å². The number of piperidine rings is 1. The summed E-state index contributed by atoms with van der Waals surface area (Å²) in [6, 6.07) is 5.68. The van der Waals surface area contributed by atoms with Gasteiger partial charge in [-0.2, -0.15) is 0 Å². The first-order valence-corrected chi connectivity index (χ1v) is 7.67. The maximum atomic E-state index is 11.5. The molecule has 0 saturated carbocycles. The Balaban J connectivity index is 2.02. The van der Waals surface area contributed by atoms with Crippen LogP contribution in [-0.2, 0) is 6.54 Å². The van der Waals surface area contributed by atoms with Crippen LogP contribution in [-0.4, -0.2) is 44.5 Å². The van der Waals surface area contributed by atoms with Crippen molar-refractivity contribution >= 4 is 5.78 Å². The van der Waals surface area contributed by atoms with Crippen LogP contribution >= 0.6 is 0 Å². The Hall–Kier alpha value is -1.39. The first kappa shape index (κ1) is 16.0. The van der Waals surface area contributed by atoms with Crippen LogP contribution in [0.2, 0.25) is 0 Å². The number of rotatable bonds is 6. The molecule has 1 fully saturated rings. The lowest BCUT2D eigenvalue weighted by atomic mass is 9.97. The minimum atomic E-state index is 0.0971. The number of nitrogens with zero attached hydrogens (tertiary/aromatic N) is 1. The summed E-state index contributed by atoms with van der Waals surface area (Å²) in [6.45, 7) is 5.76. The topological polar surface area (TPSA) is 41.6 Å². The average Bonchev–Trinajstić information content (AvgIpc) is 2.48. The van der Waals surface area contributed by atoms with Gasteiger partial charge in [0.15, 0.2) is 5.78 Å². The minimum Gasteiger partial charge on any atom is -0.496 e. The van der Waals surface area contributed by atoms with Gasteiger partial charge in [0, 0.05) is 24.2 Å². The molecule has 0 spiro atoms. The highest BCUT2D eigenvalue weighted by Gasteiger charge is 2.16. The van der Waals surface area contributed by atoms with Crippen LogP contribution in [0.25, 0.3) is 0 Å². The molecule has 0 aromatic heterocycles. The number of Topliss-reactive ketones (excluding diaryl/α,β-unsaturated/α-hetero) is 1. The number of carbonyl (C=O) groups excluding carboxylic acids is 1. The molecular weight excluding hydrogens is 264 g/mol. The fraction of sp³-hybridized carbons (Fsp3) is 0.588. The highest BCUT2D eigenvalue weighted by atomic mass is 16.5. The Morgan fingerprint density at radius 2 is 2.10 bits per heavy atom. The van der Waals surface area contributed by atoms with Gasteiger partial charge in [-0.1, -0.05) is 0 Å². The lowest BCUT2D eigenvalue weighted by Crippen LogP contribution is -2.34. The maximum Gasteiger partial charge on any atom is 0.159 e. The Morgan fingerprint density at radius 1 is 1.38 bits per heavy atom. The molecule has 1 heterocycles. The maximum absolute atomic E-state index is 11.5. The second kappa shape index (κ2) is 7.57. The third kappa shape index (κ3) is 4.55. The number of methoxy groups -OCH3 is 1. The van der Waals surface area contributed by atoms with Crippen LogP contribution in [0.15, 0.2) is 18.2 Å². The van der Waals surface area contributed by atoms with Crippen molar-refractivity contribution in [3.05, 3.63) is 29.3 Å². The lowest BCUT2D eigenvalue weighted by molar-refractivity contribution is 0.101. The Labute approximate surface area is 127 Å². The van der Waals surface area contributed by atoms with E-state index in [0.29, 0.717) is 0 Å². The third-order valence-electron chi connectivity index (χ3n) is 4.16. The lowest BCUT2D eigenvalue weighted by Gasteiger charge is -2.28. The van der Waals surface area contributed by atoms with Crippen molar-refractivity contribution in [3.8, 4) is 5.75 Å². The van der Waals surface area contributed by atoms with E-state index in [1.54, 1.807) is 14.0 Å². The summed E-state index contributed by atoms with van der Waals surface area (Å²) in [6.07, 6.45) is 2.49. The second-order valence-corrected chi connectivity index (χ2v) is 5.97. The van der Waals surface area contributed by atoms with Crippen molar-refractivity contribution in [2.45, 2.75) is 26.3 Å². The second-order valence-electron chi connectivity index (χ2n) is 5.97. The van der Waals surface area contributed by atoms with Crippen LogP contribution in [0.3, 0.4) is 0 Å². The fourth-order valence-electron chi connectivity index (χ4n) is 2.98. The van der Waals surface area contributed by atoms with Gasteiger partial charge in [0.05, 0.1) is 7.11 Å². The summed E-state index contributed by atoms with van der Waals surface area (Å²) >= 11 is 0. The molecule has 0 bridgehead atoms. The summed E-state index contributed by atoms with van der Waals surface area (Å²) in [5.41, 5.74) is 1.84. The molecule has 4 heteroatoms.